The van der Waals surface area contributed by atoms with Gasteiger partial charge in [-0.1, -0.05) is 35.9 Å². The lowest BCUT2D eigenvalue weighted by Crippen LogP contribution is -2.49. The van der Waals surface area contributed by atoms with Gasteiger partial charge in [-0.25, -0.2) is 4.79 Å². The van der Waals surface area contributed by atoms with E-state index in [-0.39, 0.29) is 22.1 Å². The van der Waals surface area contributed by atoms with Crippen molar-refractivity contribution in [3.05, 3.63) is 82.6 Å². The van der Waals surface area contributed by atoms with Gasteiger partial charge in [0.25, 0.3) is 5.91 Å². The van der Waals surface area contributed by atoms with Gasteiger partial charge < -0.3 is 19.3 Å². The van der Waals surface area contributed by atoms with Crippen molar-refractivity contribution in [2.75, 3.05) is 31.1 Å². The zero-order valence-electron chi connectivity index (χ0n) is 17.6. The molecule has 1 aliphatic heterocycles. The zero-order chi connectivity index (χ0) is 23.4. The highest BCUT2D eigenvalue weighted by Crippen LogP contribution is 2.28. The number of halogens is 1. The SMILES string of the molecule is N#C/C(=C/c1ccc(-c2ccc(C(=O)O)c(Cl)c2)o1)C(=O)N1CCN(c2ccccc2)CC1. The minimum atomic E-state index is -1.11. The van der Waals surface area contributed by atoms with Gasteiger partial charge in [0.05, 0.1) is 10.6 Å². The Balaban J connectivity index is 1.46. The second-order valence-corrected chi connectivity index (χ2v) is 7.89. The van der Waals surface area contributed by atoms with Crippen LogP contribution in [0.4, 0.5) is 5.69 Å². The lowest BCUT2D eigenvalue weighted by Gasteiger charge is -2.36. The number of nitrogens with zero attached hydrogens (tertiary/aromatic N) is 3. The summed E-state index contributed by atoms with van der Waals surface area (Å²) < 4.78 is 5.76. The van der Waals surface area contributed by atoms with Gasteiger partial charge in [-0.2, -0.15) is 5.26 Å². The number of aromatic carboxylic acids is 1. The van der Waals surface area contributed by atoms with E-state index >= 15 is 0 Å². The third-order valence-electron chi connectivity index (χ3n) is 5.44. The molecule has 0 spiro atoms. The van der Waals surface area contributed by atoms with Gasteiger partial charge in [-0.15, -0.1) is 0 Å². The topological polar surface area (TPSA) is 97.8 Å². The number of carboxylic acids is 1. The number of furan rings is 1. The van der Waals surface area contributed by atoms with E-state index in [0.29, 0.717) is 43.3 Å². The first-order chi connectivity index (χ1) is 16.0. The van der Waals surface area contributed by atoms with E-state index in [4.69, 9.17) is 21.1 Å². The van der Waals surface area contributed by atoms with Crippen molar-refractivity contribution >= 4 is 35.2 Å². The molecule has 1 saturated heterocycles. The van der Waals surface area contributed by atoms with Crippen molar-refractivity contribution in [2.24, 2.45) is 0 Å². The second kappa shape index (κ2) is 9.63. The van der Waals surface area contributed by atoms with Gasteiger partial charge in [0.15, 0.2) is 0 Å². The lowest BCUT2D eigenvalue weighted by atomic mass is 10.1. The normalized spacial score (nSPS) is 14.1. The standard InChI is InChI=1S/C25H20ClN3O4/c26-22-15-17(6-8-21(22)25(31)32)23-9-7-20(33-23)14-18(16-27)24(30)29-12-10-28(11-13-29)19-4-2-1-3-5-19/h1-9,14-15H,10-13H2,(H,31,32)/b18-14-. The predicted molar refractivity (Wildman–Crippen MR) is 125 cm³/mol. The summed E-state index contributed by atoms with van der Waals surface area (Å²) in [5.74, 6) is -0.661. The average molecular weight is 462 g/mol. The fourth-order valence-corrected chi connectivity index (χ4v) is 3.95. The Hall–Kier alpha value is -4.02. The molecule has 0 bridgehead atoms. The van der Waals surface area contributed by atoms with E-state index in [0.717, 1.165) is 5.69 Å². The van der Waals surface area contributed by atoms with Crippen molar-refractivity contribution in [1.29, 1.82) is 5.26 Å². The van der Waals surface area contributed by atoms with Gasteiger partial charge in [0.2, 0.25) is 0 Å². The molecule has 1 aliphatic rings. The van der Waals surface area contributed by atoms with E-state index in [2.05, 4.69) is 4.90 Å². The van der Waals surface area contributed by atoms with E-state index in [9.17, 15) is 14.9 Å². The van der Waals surface area contributed by atoms with Crippen LogP contribution in [0.15, 0.2) is 70.7 Å². The molecule has 2 heterocycles. The van der Waals surface area contributed by atoms with Crippen molar-refractivity contribution in [3.8, 4) is 17.4 Å². The first-order valence-corrected chi connectivity index (χ1v) is 10.7. The molecule has 1 N–H and O–H groups in total. The van der Waals surface area contributed by atoms with Crippen molar-refractivity contribution in [3.63, 3.8) is 0 Å². The molecule has 1 amide bonds. The second-order valence-electron chi connectivity index (χ2n) is 7.49. The maximum atomic E-state index is 12.9. The van der Waals surface area contributed by atoms with E-state index in [1.807, 2.05) is 36.4 Å². The van der Waals surface area contributed by atoms with Crippen LogP contribution in [-0.4, -0.2) is 48.1 Å². The minimum Gasteiger partial charge on any atom is -0.478 e. The molecular formula is C25H20ClN3O4. The number of carbonyl (C=O) groups excluding carboxylic acids is 1. The number of rotatable bonds is 5. The fourth-order valence-electron chi connectivity index (χ4n) is 3.69. The van der Waals surface area contributed by atoms with Crippen LogP contribution in [0.3, 0.4) is 0 Å². The maximum Gasteiger partial charge on any atom is 0.337 e. The zero-order valence-corrected chi connectivity index (χ0v) is 18.3. The first-order valence-electron chi connectivity index (χ1n) is 10.3. The van der Waals surface area contributed by atoms with Crippen LogP contribution < -0.4 is 4.90 Å². The number of hydrogen-bond donors (Lipinski definition) is 1. The molecule has 1 aromatic heterocycles. The third kappa shape index (κ3) is 4.92. The molecule has 0 saturated carbocycles. The van der Waals surface area contributed by atoms with Crippen molar-refractivity contribution in [1.82, 2.24) is 4.90 Å². The Bertz CT molecular complexity index is 1250. The Morgan fingerprint density at radius 1 is 1.03 bits per heavy atom. The monoisotopic (exact) mass is 461 g/mol. The third-order valence-corrected chi connectivity index (χ3v) is 5.75. The summed E-state index contributed by atoms with van der Waals surface area (Å²) in [6.07, 6.45) is 1.42. The maximum absolute atomic E-state index is 12.9. The Morgan fingerprint density at radius 2 is 1.76 bits per heavy atom. The Morgan fingerprint density at radius 3 is 2.39 bits per heavy atom. The summed E-state index contributed by atoms with van der Waals surface area (Å²) in [4.78, 5) is 27.9. The number of nitriles is 1. The molecule has 1 fully saturated rings. The molecule has 0 unspecified atom stereocenters. The van der Waals surface area contributed by atoms with Crippen LogP contribution in [0, 0.1) is 11.3 Å². The molecule has 7 nitrogen and oxygen atoms in total. The van der Waals surface area contributed by atoms with Crippen molar-refractivity contribution < 1.29 is 19.1 Å². The first kappa shape index (κ1) is 22.2. The van der Waals surface area contributed by atoms with E-state index < -0.39 is 5.97 Å². The summed E-state index contributed by atoms with van der Waals surface area (Å²) in [6.45, 7) is 2.41. The number of hydrogen-bond acceptors (Lipinski definition) is 5. The highest BCUT2D eigenvalue weighted by molar-refractivity contribution is 6.33. The van der Waals surface area contributed by atoms with Crippen LogP contribution in [0.2, 0.25) is 5.02 Å². The van der Waals surface area contributed by atoms with E-state index in [1.54, 1.807) is 23.1 Å². The number of benzene rings is 2. The average Bonchev–Trinajstić information content (AvgIpc) is 3.31. The number of carbonyl (C=O) groups is 2. The summed E-state index contributed by atoms with van der Waals surface area (Å²) >= 11 is 6.03. The van der Waals surface area contributed by atoms with Gasteiger partial charge in [0, 0.05) is 43.5 Å². The molecule has 166 valence electrons. The van der Waals surface area contributed by atoms with Crippen LogP contribution in [0.5, 0.6) is 0 Å². The van der Waals surface area contributed by atoms with Crippen LogP contribution >= 0.6 is 11.6 Å². The molecule has 8 heteroatoms. The number of amides is 1. The van der Waals surface area contributed by atoms with Gasteiger partial charge in [0.1, 0.15) is 23.2 Å². The van der Waals surface area contributed by atoms with Crippen LogP contribution in [-0.2, 0) is 4.79 Å². The molecular weight excluding hydrogens is 442 g/mol. The highest BCUT2D eigenvalue weighted by atomic mass is 35.5. The molecule has 2 aromatic carbocycles. The van der Waals surface area contributed by atoms with E-state index in [1.165, 1.54) is 18.2 Å². The van der Waals surface area contributed by atoms with Gasteiger partial charge in [-0.3, -0.25) is 4.79 Å². The minimum absolute atomic E-state index is 0.00295. The molecule has 33 heavy (non-hydrogen) atoms. The fraction of sp³-hybridized carbons (Fsp3) is 0.160. The lowest BCUT2D eigenvalue weighted by molar-refractivity contribution is -0.126. The van der Waals surface area contributed by atoms with Gasteiger partial charge >= 0.3 is 5.97 Å². The smallest absolute Gasteiger partial charge is 0.337 e. The molecule has 0 aliphatic carbocycles. The molecule has 4 rings (SSSR count). The molecule has 3 aromatic rings. The summed E-state index contributed by atoms with van der Waals surface area (Å²) in [5, 5.41) is 18.8. The van der Waals surface area contributed by atoms with Gasteiger partial charge in [-0.05, 0) is 36.4 Å². The number of para-hydroxylation sites is 1. The Kier molecular flexibility index (Phi) is 6.48. The highest BCUT2D eigenvalue weighted by Gasteiger charge is 2.24. The van der Waals surface area contributed by atoms with Crippen LogP contribution in [0.25, 0.3) is 17.4 Å². The number of anilines is 1. The quantitative estimate of drug-likeness (QED) is 0.442. The van der Waals surface area contributed by atoms with Crippen molar-refractivity contribution in [2.45, 2.75) is 0 Å². The predicted octanol–water partition coefficient (Wildman–Crippen LogP) is 4.55. The Labute approximate surface area is 195 Å². The molecule has 0 atom stereocenters. The number of carboxylic acid groups (broad SMARTS) is 1. The molecule has 0 radical (unpaired) electrons. The summed E-state index contributed by atoms with van der Waals surface area (Å²) in [6, 6.07) is 19.8. The van der Waals surface area contributed by atoms with Crippen LogP contribution in [0.1, 0.15) is 16.1 Å². The largest absolute Gasteiger partial charge is 0.478 e. The summed E-state index contributed by atoms with van der Waals surface area (Å²) in [5.41, 5.74) is 1.69. The number of piperazine rings is 1. The summed E-state index contributed by atoms with van der Waals surface area (Å²) in [7, 11) is 0.